The third-order valence-electron chi connectivity index (χ3n) is 8.02. The van der Waals surface area contributed by atoms with Gasteiger partial charge in [0.1, 0.15) is 24.2 Å². The van der Waals surface area contributed by atoms with Crippen LogP contribution in [0, 0.1) is 5.82 Å². The topological polar surface area (TPSA) is 153 Å². The van der Waals surface area contributed by atoms with Crippen molar-refractivity contribution < 1.29 is 19.1 Å². The molecule has 1 aliphatic carbocycles. The summed E-state index contributed by atoms with van der Waals surface area (Å²) in [7, 11) is 0. The fourth-order valence-electron chi connectivity index (χ4n) is 6.05. The van der Waals surface area contributed by atoms with E-state index in [9.17, 15) is 19.1 Å². The number of nitrogens with zero attached hydrogens (tertiary/aromatic N) is 6. The van der Waals surface area contributed by atoms with Crippen molar-refractivity contribution in [2.75, 3.05) is 0 Å². The first-order valence-electron chi connectivity index (χ1n) is 13.9. The van der Waals surface area contributed by atoms with Crippen molar-refractivity contribution in [3.05, 3.63) is 94.0 Å². The fourth-order valence-corrected chi connectivity index (χ4v) is 6.05. The van der Waals surface area contributed by atoms with Gasteiger partial charge in [0.2, 0.25) is 0 Å². The van der Waals surface area contributed by atoms with Crippen LogP contribution in [0.15, 0.2) is 65.9 Å². The Morgan fingerprint density at radius 2 is 1.93 bits per heavy atom. The molecular weight excluding hydrogens is 539 g/mol. The van der Waals surface area contributed by atoms with Crippen molar-refractivity contribution >= 4 is 28.4 Å². The van der Waals surface area contributed by atoms with Crippen molar-refractivity contribution in [2.45, 2.75) is 57.2 Å². The van der Waals surface area contributed by atoms with Crippen LogP contribution >= 0.6 is 0 Å². The number of carbonyl (C=O) groups excluding carboxylic acids is 1. The molecule has 0 saturated heterocycles. The standard InChI is InChI=1S/C30H29FN8O3/c31-21-12-10-19(11-13-21)27-28(18-6-2-1-3-7-18)39-26(38(27)17-34-37-32)15-24(36-39)29(40)35-25(30(41)42)14-20-16-33-23-9-5-4-8-22(20)23/h4-5,8-13,15-16,18,25,33H,1-3,6-7,14,17H2,(H,35,40)(H,41,42)/t25-/m0/s1. The molecule has 0 unspecified atom stereocenters. The van der Waals surface area contributed by atoms with E-state index in [0.29, 0.717) is 5.65 Å². The molecule has 0 spiro atoms. The van der Waals surface area contributed by atoms with Crippen LogP contribution in [-0.4, -0.2) is 42.2 Å². The number of imidazole rings is 1. The molecule has 12 heteroatoms. The Kier molecular flexibility index (Phi) is 7.37. The van der Waals surface area contributed by atoms with E-state index in [4.69, 9.17) is 5.53 Å². The lowest BCUT2D eigenvalue weighted by molar-refractivity contribution is -0.139. The van der Waals surface area contributed by atoms with E-state index in [0.717, 1.165) is 65.5 Å². The minimum absolute atomic E-state index is 0.0487. The summed E-state index contributed by atoms with van der Waals surface area (Å²) in [4.78, 5) is 31.7. The summed E-state index contributed by atoms with van der Waals surface area (Å²) in [6, 6.07) is 14.1. The molecule has 3 heterocycles. The Hall–Kier alpha value is -5.09. The van der Waals surface area contributed by atoms with Gasteiger partial charge in [-0.1, -0.05) is 42.6 Å². The van der Waals surface area contributed by atoms with Crippen LogP contribution in [0.3, 0.4) is 0 Å². The molecule has 2 aromatic carbocycles. The number of carbonyl (C=O) groups is 2. The van der Waals surface area contributed by atoms with E-state index in [1.165, 1.54) is 12.1 Å². The summed E-state index contributed by atoms with van der Waals surface area (Å²) in [5.74, 6) is -2.03. The highest BCUT2D eigenvalue weighted by atomic mass is 19.1. The lowest BCUT2D eigenvalue weighted by Crippen LogP contribution is -2.42. The number of aliphatic carboxylic acids is 1. The van der Waals surface area contributed by atoms with Gasteiger partial charge in [0.25, 0.3) is 5.91 Å². The van der Waals surface area contributed by atoms with Crippen LogP contribution in [0.4, 0.5) is 4.39 Å². The average Bonchev–Trinajstić information content (AvgIpc) is 3.69. The second-order valence-corrected chi connectivity index (χ2v) is 10.6. The monoisotopic (exact) mass is 568 g/mol. The third-order valence-corrected chi connectivity index (χ3v) is 8.02. The van der Waals surface area contributed by atoms with E-state index < -0.39 is 17.9 Å². The third kappa shape index (κ3) is 5.08. The number of rotatable bonds is 9. The van der Waals surface area contributed by atoms with Crippen LogP contribution in [-0.2, 0) is 17.9 Å². The van der Waals surface area contributed by atoms with Gasteiger partial charge in [-0.3, -0.25) is 4.79 Å². The van der Waals surface area contributed by atoms with Gasteiger partial charge in [-0.25, -0.2) is 13.7 Å². The quantitative estimate of drug-likeness (QED) is 0.111. The molecule has 1 fully saturated rings. The van der Waals surface area contributed by atoms with E-state index in [2.05, 4.69) is 25.4 Å². The number of benzene rings is 2. The first-order valence-corrected chi connectivity index (χ1v) is 13.9. The Morgan fingerprint density at radius 3 is 2.67 bits per heavy atom. The number of aromatic nitrogens is 4. The van der Waals surface area contributed by atoms with Gasteiger partial charge in [0.15, 0.2) is 5.69 Å². The minimum atomic E-state index is -1.18. The van der Waals surface area contributed by atoms with Gasteiger partial charge in [0.05, 0.1) is 11.4 Å². The first kappa shape index (κ1) is 27.1. The zero-order valence-corrected chi connectivity index (χ0v) is 22.7. The second kappa shape index (κ2) is 11.4. The van der Waals surface area contributed by atoms with Gasteiger partial charge >= 0.3 is 5.97 Å². The molecular formula is C30H29FN8O3. The highest BCUT2D eigenvalue weighted by molar-refractivity contribution is 5.96. The van der Waals surface area contributed by atoms with Crippen molar-refractivity contribution in [2.24, 2.45) is 5.11 Å². The SMILES string of the molecule is [N-]=[N+]=NCn1c(-c2ccc(F)cc2)c(C2CCCCC2)n2nc(C(=O)N[C@@H](Cc3c[nH]c4ccccc34)C(=O)O)cc12. The molecule has 3 aromatic heterocycles. The summed E-state index contributed by atoms with van der Waals surface area (Å²) >= 11 is 0. The molecule has 0 aliphatic heterocycles. The largest absolute Gasteiger partial charge is 0.480 e. The maximum absolute atomic E-state index is 13.8. The number of H-pyrrole nitrogens is 1. The molecule has 42 heavy (non-hydrogen) atoms. The summed E-state index contributed by atoms with van der Waals surface area (Å²) < 4.78 is 17.3. The van der Waals surface area contributed by atoms with Gasteiger partial charge in [0, 0.05) is 46.0 Å². The van der Waals surface area contributed by atoms with Crippen LogP contribution in [0.1, 0.15) is 59.8 Å². The predicted octanol–water partition coefficient (Wildman–Crippen LogP) is 6.16. The molecule has 3 N–H and O–H groups in total. The normalized spacial score (nSPS) is 14.6. The Bertz CT molecular complexity index is 1820. The predicted molar refractivity (Wildman–Crippen MR) is 154 cm³/mol. The maximum atomic E-state index is 13.8. The Balaban J connectivity index is 1.39. The van der Waals surface area contributed by atoms with E-state index in [1.807, 2.05) is 24.3 Å². The second-order valence-electron chi connectivity index (χ2n) is 10.6. The smallest absolute Gasteiger partial charge is 0.326 e. The van der Waals surface area contributed by atoms with Crippen LogP contribution in [0.25, 0.3) is 38.3 Å². The van der Waals surface area contributed by atoms with Crippen LogP contribution in [0.5, 0.6) is 0 Å². The van der Waals surface area contributed by atoms with Gasteiger partial charge in [-0.05, 0) is 54.3 Å². The number of amides is 1. The van der Waals surface area contributed by atoms with Gasteiger partial charge in [-0.15, -0.1) is 0 Å². The highest BCUT2D eigenvalue weighted by Crippen LogP contribution is 2.40. The molecule has 0 radical (unpaired) electrons. The number of halogens is 1. The number of fused-ring (bicyclic) bond motifs is 2. The summed E-state index contributed by atoms with van der Waals surface area (Å²) in [6.45, 7) is -0.0650. The van der Waals surface area contributed by atoms with E-state index in [-0.39, 0.29) is 30.5 Å². The molecule has 11 nitrogen and oxygen atoms in total. The maximum Gasteiger partial charge on any atom is 0.326 e. The van der Waals surface area contributed by atoms with Gasteiger partial charge in [-0.2, -0.15) is 5.10 Å². The number of para-hydroxylation sites is 1. The van der Waals surface area contributed by atoms with Crippen molar-refractivity contribution in [1.82, 2.24) is 24.5 Å². The Morgan fingerprint density at radius 1 is 1.17 bits per heavy atom. The number of aromatic amines is 1. The molecule has 1 amide bonds. The number of azide groups is 1. The van der Waals surface area contributed by atoms with Gasteiger partial charge < -0.3 is 20.0 Å². The molecule has 1 atom stereocenters. The highest BCUT2D eigenvalue weighted by Gasteiger charge is 2.30. The van der Waals surface area contributed by atoms with Crippen molar-refractivity contribution in [3.8, 4) is 11.3 Å². The summed E-state index contributed by atoms with van der Waals surface area (Å²) in [5.41, 5.74) is 13.7. The summed E-state index contributed by atoms with van der Waals surface area (Å²) in [6.07, 6.45) is 6.89. The van der Waals surface area contributed by atoms with Crippen molar-refractivity contribution in [1.29, 1.82) is 0 Å². The number of hydrogen-bond donors (Lipinski definition) is 3. The number of carboxylic acids is 1. The van der Waals surface area contributed by atoms with E-state index >= 15 is 0 Å². The molecule has 5 aromatic rings. The Labute approximate surface area is 239 Å². The number of nitrogens with one attached hydrogen (secondary N) is 2. The number of hydrogen-bond acceptors (Lipinski definition) is 4. The van der Waals surface area contributed by atoms with Crippen LogP contribution in [0.2, 0.25) is 0 Å². The molecule has 214 valence electrons. The molecule has 1 saturated carbocycles. The zero-order chi connectivity index (χ0) is 29.2. The average molecular weight is 569 g/mol. The van der Waals surface area contributed by atoms with E-state index in [1.54, 1.807) is 33.5 Å². The zero-order valence-electron chi connectivity index (χ0n) is 22.7. The molecule has 0 bridgehead atoms. The molecule has 1 aliphatic rings. The summed E-state index contributed by atoms with van der Waals surface area (Å²) in [5, 5.41) is 21.9. The minimum Gasteiger partial charge on any atom is -0.480 e. The van der Waals surface area contributed by atoms with Crippen LogP contribution < -0.4 is 5.32 Å². The molecule has 6 rings (SSSR count). The number of carboxylic acid groups (broad SMARTS) is 1. The lowest BCUT2D eigenvalue weighted by atomic mass is 9.85. The first-order chi connectivity index (χ1) is 20.4. The fraction of sp³-hybridized carbons (Fsp3) is 0.300. The van der Waals surface area contributed by atoms with Crippen molar-refractivity contribution in [3.63, 3.8) is 0 Å². The lowest BCUT2D eigenvalue weighted by Gasteiger charge is -2.22.